The minimum absolute atomic E-state index is 0.00680. The summed E-state index contributed by atoms with van der Waals surface area (Å²) in [7, 11) is 0. The molecule has 0 atom stereocenters. The number of nitrogens with two attached hydrogens (primary N) is 1. The molecule has 3 heterocycles. The minimum Gasteiger partial charge on any atom is -0.383 e. The van der Waals surface area contributed by atoms with Crippen molar-refractivity contribution in [3.05, 3.63) is 94.8 Å². The first-order valence-corrected chi connectivity index (χ1v) is 11.8. The normalized spacial score (nSPS) is 11.0. The van der Waals surface area contributed by atoms with Gasteiger partial charge in [0.05, 0.1) is 12.1 Å². The Balaban J connectivity index is 1.27. The predicted octanol–water partition coefficient (Wildman–Crippen LogP) is 4.69. The van der Waals surface area contributed by atoms with Gasteiger partial charge in [-0.15, -0.1) is 11.3 Å². The largest absolute Gasteiger partial charge is 0.383 e. The van der Waals surface area contributed by atoms with Crippen LogP contribution in [0.25, 0.3) is 21.3 Å². The lowest BCUT2D eigenvalue weighted by Gasteiger charge is -2.10. The van der Waals surface area contributed by atoms with Gasteiger partial charge in [-0.25, -0.2) is 33.1 Å². The highest BCUT2D eigenvalue weighted by Gasteiger charge is 2.16. The highest BCUT2D eigenvalue weighted by molar-refractivity contribution is 7.15. The third-order valence-corrected chi connectivity index (χ3v) is 6.59. The maximum absolute atomic E-state index is 13.4. The first-order valence-electron chi connectivity index (χ1n) is 10.9. The van der Waals surface area contributed by atoms with Crippen molar-refractivity contribution in [1.82, 2.24) is 25.3 Å². The van der Waals surface area contributed by atoms with E-state index in [4.69, 9.17) is 5.73 Å². The molecule has 0 aliphatic carbocycles. The van der Waals surface area contributed by atoms with E-state index in [0.717, 1.165) is 38.4 Å². The molecular formula is C25H18F3N7OS. The summed E-state index contributed by atoms with van der Waals surface area (Å²) in [5, 5.41) is 6.39. The zero-order valence-electron chi connectivity index (χ0n) is 19.0. The number of anilines is 2. The Hall–Kier alpha value is -4.58. The van der Waals surface area contributed by atoms with Gasteiger partial charge in [0.1, 0.15) is 12.1 Å². The fraction of sp³-hybridized carbons (Fsp3) is 0.0800. The number of hydrogen-bond acceptors (Lipinski definition) is 8. The zero-order chi connectivity index (χ0) is 25.9. The number of nitrogens with one attached hydrogen (secondary N) is 2. The van der Waals surface area contributed by atoms with Gasteiger partial charge >= 0.3 is 0 Å². The number of nitrogens with zero attached hydrogens (tertiary/aromatic N) is 4. The molecule has 5 aromatic rings. The van der Waals surface area contributed by atoms with Gasteiger partial charge in [-0.2, -0.15) is 0 Å². The molecular weight excluding hydrogens is 503 g/mol. The van der Waals surface area contributed by atoms with Crippen molar-refractivity contribution in [2.24, 2.45) is 0 Å². The Morgan fingerprint density at radius 1 is 0.919 bits per heavy atom. The van der Waals surface area contributed by atoms with Crippen molar-refractivity contribution in [3.63, 3.8) is 0 Å². The molecule has 0 unspecified atom stereocenters. The van der Waals surface area contributed by atoms with Crippen LogP contribution in [0.1, 0.15) is 20.9 Å². The number of halogens is 3. The first kappa shape index (κ1) is 24.1. The predicted molar refractivity (Wildman–Crippen MR) is 134 cm³/mol. The molecule has 5 rings (SSSR count). The number of rotatable bonds is 7. The number of amides is 1. The molecule has 0 radical (unpaired) electrons. The van der Waals surface area contributed by atoms with Crippen LogP contribution in [0.15, 0.2) is 61.2 Å². The molecule has 0 bridgehead atoms. The Kier molecular flexibility index (Phi) is 6.64. The standard InChI is InChI=1S/C25H18F3N7OS/c26-17-7-13(8-18(27)21(17)28)10-33-25(36)22-24(31-6-5-30-22)32-11-15-2-4-20(37-15)14-1-3-19-16(9-14)23(29)35-12-34-19/h1-9,12H,10-11H2,(H,31,32)(H,33,36)(H2,29,34,35). The van der Waals surface area contributed by atoms with Crippen molar-refractivity contribution in [2.75, 3.05) is 11.1 Å². The first-order chi connectivity index (χ1) is 17.9. The van der Waals surface area contributed by atoms with E-state index in [1.54, 1.807) is 11.3 Å². The second-order valence-corrected chi connectivity index (χ2v) is 9.09. The van der Waals surface area contributed by atoms with Crippen molar-refractivity contribution in [1.29, 1.82) is 0 Å². The van der Waals surface area contributed by atoms with Gasteiger partial charge in [0.15, 0.2) is 29.0 Å². The number of hydrogen-bond donors (Lipinski definition) is 3. The van der Waals surface area contributed by atoms with Crippen LogP contribution in [-0.2, 0) is 13.1 Å². The highest BCUT2D eigenvalue weighted by Crippen LogP contribution is 2.31. The molecule has 3 aromatic heterocycles. The van der Waals surface area contributed by atoms with E-state index in [2.05, 4.69) is 30.6 Å². The Morgan fingerprint density at radius 3 is 2.51 bits per heavy atom. The lowest BCUT2D eigenvalue weighted by Crippen LogP contribution is -2.25. The van der Waals surface area contributed by atoms with Crippen LogP contribution in [0.2, 0.25) is 0 Å². The average Bonchev–Trinajstić information content (AvgIpc) is 3.38. The molecule has 12 heteroatoms. The van der Waals surface area contributed by atoms with Crippen molar-refractivity contribution in [3.8, 4) is 10.4 Å². The fourth-order valence-corrected chi connectivity index (χ4v) is 4.58. The summed E-state index contributed by atoms with van der Waals surface area (Å²) in [5.74, 6) is -4.19. The van der Waals surface area contributed by atoms with Crippen molar-refractivity contribution >= 4 is 39.8 Å². The summed E-state index contributed by atoms with van der Waals surface area (Å²) in [4.78, 5) is 31.2. The van der Waals surface area contributed by atoms with Gasteiger partial charge in [0.2, 0.25) is 0 Å². The highest BCUT2D eigenvalue weighted by atomic mass is 32.1. The molecule has 0 saturated carbocycles. The molecule has 0 saturated heterocycles. The lowest BCUT2D eigenvalue weighted by atomic mass is 10.1. The SMILES string of the molecule is Nc1ncnc2ccc(-c3ccc(CNc4nccnc4C(=O)NCc4cc(F)c(F)c(F)c4)s3)cc12. The van der Waals surface area contributed by atoms with Gasteiger partial charge in [0, 0.05) is 34.1 Å². The van der Waals surface area contributed by atoms with Crippen LogP contribution < -0.4 is 16.4 Å². The summed E-state index contributed by atoms with van der Waals surface area (Å²) in [6.07, 6.45) is 4.22. The maximum Gasteiger partial charge on any atom is 0.273 e. The molecule has 0 aliphatic heterocycles. The van der Waals surface area contributed by atoms with Crippen LogP contribution in [-0.4, -0.2) is 25.8 Å². The van der Waals surface area contributed by atoms with Crippen LogP contribution in [0.5, 0.6) is 0 Å². The molecule has 186 valence electrons. The molecule has 0 aliphatic rings. The van der Waals surface area contributed by atoms with Gasteiger partial charge < -0.3 is 16.4 Å². The summed E-state index contributed by atoms with van der Waals surface area (Å²) < 4.78 is 40.0. The number of carbonyl (C=O) groups is 1. The molecule has 1 amide bonds. The molecule has 0 fully saturated rings. The summed E-state index contributed by atoms with van der Waals surface area (Å²) in [6.45, 7) is 0.148. The van der Waals surface area contributed by atoms with Crippen LogP contribution in [0, 0.1) is 17.5 Å². The summed E-state index contributed by atoms with van der Waals surface area (Å²) in [6, 6.07) is 11.4. The van der Waals surface area contributed by atoms with E-state index in [1.807, 2.05) is 30.3 Å². The van der Waals surface area contributed by atoms with E-state index < -0.39 is 23.4 Å². The number of fused-ring (bicyclic) bond motifs is 1. The quantitative estimate of drug-likeness (QED) is 0.266. The monoisotopic (exact) mass is 521 g/mol. The van der Waals surface area contributed by atoms with Crippen LogP contribution in [0.4, 0.5) is 24.8 Å². The van der Waals surface area contributed by atoms with E-state index >= 15 is 0 Å². The van der Waals surface area contributed by atoms with Crippen molar-refractivity contribution < 1.29 is 18.0 Å². The van der Waals surface area contributed by atoms with E-state index in [0.29, 0.717) is 12.4 Å². The second-order valence-electron chi connectivity index (χ2n) is 7.92. The smallest absolute Gasteiger partial charge is 0.273 e. The third kappa shape index (κ3) is 5.19. The molecule has 2 aromatic carbocycles. The minimum atomic E-state index is -1.56. The lowest BCUT2D eigenvalue weighted by molar-refractivity contribution is 0.0946. The van der Waals surface area contributed by atoms with Gasteiger partial charge in [-0.1, -0.05) is 6.07 Å². The molecule has 4 N–H and O–H groups in total. The van der Waals surface area contributed by atoms with E-state index in [-0.39, 0.29) is 23.6 Å². The number of nitrogen functional groups attached to an aromatic ring is 1. The second kappa shape index (κ2) is 10.2. The maximum atomic E-state index is 13.4. The molecule has 8 nitrogen and oxygen atoms in total. The van der Waals surface area contributed by atoms with Crippen LogP contribution in [0.3, 0.4) is 0 Å². The van der Waals surface area contributed by atoms with Crippen molar-refractivity contribution in [2.45, 2.75) is 13.1 Å². The molecule has 0 spiro atoms. The van der Waals surface area contributed by atoms with E-state index in [1.165, 1.54) is 18.7 Å². The number of aromatic nitrogens is 4. The number of benzene rings is 2. The number of thiophene rings is 1. The Morgan fingerprint density at radius 2 is 1.70 bits per heavy atom. The topological polar surface area (TPSA) is 119 Å². The third-order valence-electron chi connectivity index (χ3n) is 5.45. The average molecular weight is 522 g/mol. The van der Waals surface area contributed by atoms with Gasteiger partial charge in [-0.3, -0.25) is 4.79 Å². The number of carbonyl (C=O) groups excluding carboxylic acids is 1. The van der Waals surface area contributed by atoms with Gasteiger partial charge in [-0.05, 0) is 47.5 Å². The summed E-state index contributed by atoms with van der Waals surface area (Å²) in [5.41, 5.74) is 7.79. The fourth-order valence-electron chi connectivity index (χ4n) is 3.64. The van der Waals surface area contributed by atoms with E-state index in [9.17, 15) is 18.0 Å². The Bertz CT molecular complexity index is 1600. The summed E-state index contributed by atoms with van der Waals surface area (Å²) >= 11 is 1.55. The Labute approximate surface area is 212 Å². The zero-order valence-corrected chi connectivity index (χ0v) is 19.8. The van der Waals surface area contributed by atoms with Crippen LogP contribution >= 0.6 is 11.3 Å². The van der Waals surface area contributed by atoms with Gasteiger partial charge in [0.25, 0.3) is 5.91 Å². The molecule has 37 heavy (non-hydrogen) atoms.